The van der Waals surface area contributed by atoms with E-state index in [1.54, 1.807) is 18.3 Å². The maximum absolute atomic E-state index is 12.1. The number of nitrogens with two attached hydrogens (primary N) is 2. The Kier molecular flexibility index (Phi) is 4.75. The number of pyridine rings is 1. The van der Waals surface area contributed by atoms with Gasteiger partial charge in [0.1, 0.15) is 5.65 Å². The molecule has 2 heterocycles. The number of esters is 1. The topological polar surface area (TPSA) is 113 Å². The number of primary amides is 1. The van der Waals surface area contributed by atoms with E-state index >= 15 is 0 Å². The standard InChI is InChI=1S/C25H22N4O3/c26-24(31)32-23(30)18-11-14-29-20(15-18)28-21(22(29)17-5-2-1-3-6-17)16-7-9-19(10-8-16)25(27)12-4-13-25/h1-3,5-11,14-15H,4,12-13,27H2,(H2,26,31). The van der Waals surface area contributed by atoms with Gasteiger partial charge in [0.05, 0.1) is 17.0 Å². The number of nitrogens with zero attached hydrogens (tertiary/aromatic N) is 2. The summed E-state index contributed by atoms with van der Waals surface area (Å²) >= 11 is 0. The van der Waals surface area contributed by atoms with Gasteiger partial charge in [-0.05, 0) is 37.0 Å². The lowest BCUT2D eigenvalue weighted by atomic mass is 9.72. The summed E-state index contributed by atoms with van der Waals surface area (Å²) in [6.07, 6.45) is 3.75. The maximum Gasteiger partial charge on any atom is 0.412 e. The Balaban J connectivity index is 1.63. The second-order valence-electron chi connectivity index (χ2n) is 8.11. The molecule has 2 aromatic carbocycles. The molecule has 0 radical (unpaired) electrons. The van der Waals surface area contributed by atoms with Gasteiger partial charge >= 0.3 is 12.1 Å². The number of carbonyl (C=O) groups is 2. The minimum Gasteiger partial charge on any atom is -0.373 e. The van der Waals surface area contributed by atoms with Crippen molar-refractivity contribution >= 4 is 17.7 Å². The van der Waals surface area contributed by atoms with Crippen molar-refractivity contribution in [1.29, 1.82) is 0 Å². The molecule has 5 rings (SSSR count). The molecule has 1 fully saturated rings. The van der Waals surface area contributed by atoms with E-state index in [4.69, 9.17) is 16.5 Å². The number of rotatable bonds is 4. The number of aromatic nitrogens is 2. The summed E-state index contributed by atoms with van der Waals surface area (Å²) < 4.78 is 6.42. The van der Waals surface area contributed by atoms with Crippen LogP contribution in [0.3, 0.4) is 0 Å². The van der Waals surface area contributed by atoms with Gasteiger partial charge in [0, 0.05) is 22.9 Å². The van der Waals surface area contributed by atoms with Crippen molar-refractivity contribution in [1.82, 2.24) is 9.38 Å². The molecule has 1 amide bonds. The first-order valence-electron chi connectivity index (χ1n) is 10.4. The SMILES string of the molecule is NC(=O)OC(=O)c1ccn2c(-c3ccccc3)c(-c3ccc(C4(N)CCC4)cc3)nc2c1. The zero-order valence-electron chi connectivity index (χ0n) is 17.3. The molecular formula is C25H22N4O3. The Morgan fingerprint density at radius 2 is 1.69 bits per heavy atom. The summed E-state index contributed by atoms with van der Waals surface area (Å²) in [4.78, 5) is 27.9. The number of imidazole rings is 1. The first kappa shape index (κ1) is 20.0. The summed E-state index contributed by atoms with van der Waals surface area (Å²) in [6, 6.07) is 21.3. The van der Waals surface area contributed by atoms with E-state index in [1.165, 1.54) is 0 Å². The number of amides is 1. The van der Waals surface area contributed by atoms with Gasteiger partial charge in [-0.25, -0.2) is 14.6 Å². The van der Waals surface area contributed by atoms with Crippen LogP contribution in [0.25, 0.3) is 28.2 Å². The third kappa shape index (κ3) is 3.42. The van der Waals surface area contributed by atoms with Crippen molar-refractivity contribution in [2.45, 2.75) is 24.8 Å². The first-order chi connectivity index (χ1) is 15.4. The zero-order chi connectivity index (χ0) is 22.3. The molecule has 0 unspecified atom stereocenters. The van der Waals surface area contributed by atoms with Gasteiger partial charge in [-0.3, -0.25) is 4.40 Å². The lowest BCUT2D eigenvalue weighted by Crippen LogP contribution is -2.43. The highest BCUT2D eigenvalue weighted by molar-refractivity contribution is 5.97. The van der Waals surface area contributed by atoms with E-state index in [0.717, 1.165) is 47.3 Å². The lowest BCUT2D eigenvalue weighted by molar-refractivity contribution is 0.0638. The molecule has 32 heavy (non-hydrogen) atoms. The molecule has 0 bridgehead atoms. The van der Waals surface area contributed by atoms with Crippen LogP contribution >= 0.6 is 0 Å². The predicted octanol–water partition coefficient (Wildman–Crippen LogP) is 4.24. The largest absolute Gasteiger partial charge is 0.412 e. The second kappa shape index (κ2) is 7.62. The monoisotopic (exact) mass is 426 g/mol. The third-order valence-electron chi connectivity index (χ3n) is 6.08. The Bertz CT molecular complexity index is 1320. The van der Waals surface area contributed by atoms with E-state index in [2.05, 4.69) is 16.9 Å². The van der Waals surface area contributed by atoms with Crippen molar-refractivity contribution < 1.29 is 14.3 Å². The van der Waals surface area contributed by atoms with Crippen LogP contribution in [0, 0.1) is 0 Å². The summed E-state index contributed by atoms with van der Waals surface area (Å²) in [7, 11) is 0. The Morgan fingerprint density at radius 3 is 2.31 bits per heavy atom. The molecule has 1 aliphatic carbocycles. The number of fused-ring (bicyclic) bond motifs is 1. The Hall–Kier alpha value is -3.97. The van der Waals surface area contributed by atoms with Crippen LogP contribution < -0.4 is 11.5 Å². The van der Waals surface area contributed by atoms with Crippen molar-refractivity contribution in [3.05, 3.63) is 84.1 Å². The van der Waals surface area contributed by atoms with Crippen molar-refractivity contribution in [3.63, 3.8) is 0 Å². The highest BCUT2D eigenvalue weighted by atomic mass is 16.6. The van der Waals surface area contributed by atoms with Gasteiger partial charge in [-0.1, -0.05) is 54.6 Å². The van der Waals surface area contributed by atoms with Crippen LogP contribution in [-0.4, -0.2) is 21.4 Å². The molecule has 4 aromatic rings. The molecule has 0 aliphatic heterocycles. The Labute approximate surface area is 184 Å². The quantitative estimate of drug-likeness (QED) is 0.374. The summed E-state index contributed by atoms with van der Waals surface area (Å²) in [6.45, 7) is 0. The fourth-order valence-electron chi connectivity index (χ4n) is 4.20. The number of hydrogen-bond donors (Lipinski definition) is 2. The highest BCUT2D eigenvalue weighted by Gasteiger charge is 2.34. The molecule has 2 aromatic heterocycles. The van der Waals surface area contributed by atoms with Gasteiger partial charge in [-0.15, -0.1) is 0 Å². The van der Waals surface area contributed by atoms with E-state index in [-0.39, 0.29) is 11.1 Å². The number of benzene rings is 2. The van der Waals surface area contributed by atoms with Crippen LogP contribution in [-0.2, 0) is 10.3 Å². The van der Waals surface area contributed by atoms with E-state index in [9.17, 15) is 9.59 Å². The van der Waals surface area contributed by atoms with Crippen molar-refractivity contribution in [2.24, 2.45) is 11.5 Å². The van der Waals surface area contributed by atoms with Gasteiger partial charge in [0.25, 0.3) is 0 Å². The highest BCUT2D eigenvalue weighted by Crippen LogP contribution is 2.40. The molecular weight excluding hydrogens is 404 g/mol. The van der Waals surface area contributed by atoms with E-state index < -0.39 is 12.1 Å². The van der Waals surface area contributed by atoms with Gasteiger partial charge in [0.2, 0.25) is 0 Å². The maximum atomic E-state index is 12.1. The normalized spacial score (nSPS) is 14.7. The molecule has 160 valence electrons. The molecule has 4 N–H and O–H groups in total. The predicted molar refractivity (Wildman–Crippen MR) is 121 cm³/mol. The van der Waals surface area contributed by atoms with Crippen LogP contribution in [0.5, 0.6) is 0 Å². The first-order valence-corrected chi connectivity index (χ1v) is 10.4. The van der Waals surface area contributed by atoms with Crippen LogP contribution in [0.1, 0.15) is 35.2 Å². The molecule has 1 aliphatic rings. The summed E-state index contributed by atoms with van der Waals surface area (Å²) in [5, 5.41) is 0. The minimum atomic E-state index is -1.15. The van der Waals surface area contributed by atoms with Crippen LogP contribution in [0.2, 0.25) is 0 Å². The summed E-state index contributed by atoms with van der Waals surface area (Å²) in [5.41, 5.74) is 16.7. The van der Waals surface area contributed by atoms with Crippen molar-refractivity contribution in [3.8, 4) is 22.5 Å². The molecule has 0 spiro atoms. The van der Waals surface area contributed by atoms with Crippen LogP contribution in [0.15, 0.2) is 72.9 Å². The van der Waals surface area contributed by atoms with Gasteiger partial charge < -0.3 is 16.2 Å². The van der Waals surface area contributed by atoms with Gasteiger partial charge in [0.15, 0.2) is 0 Å². The fraction of sp³-hybridized carbons (Fsp3) is 0.160. The zero-order valence-corrected chi connectivity index (χ0v) is 17.3. The molecule has 1 saturated carbocycles. The average Bonchev–Trinajstić information content (AvgIpc) is 3.16. The molecule has 7 heteroatoms. The van der Waals surface area contributed by atoms with E-state index in [1.807, 2.05) is 46.9 Å². The summed E-state index contributed by atoms with van der Waals surface area (Å²) in [5.74, 6) is -0.816. The number of ether oxygens (including phenoxy) is 1. The molecule has 7 nitrogen and oxygen atoms in total. The Morgan fingerprint density at radius 1 is 0.969 bits per heavy atom. The minimum absolute atomic E-state index is 0.192. The lowest BCUT2D eigenvalue weighted by Gasteiger charge is -2.38. The number of hydrogen-bond acceptors (Lipinski definition) is 5. The molecule has 0 atom stereocenters. The smallest absolute Gasteiger partial charge is 0.373 e. The third-order valence-corrected chi connectivity index (χ3v) is 6.08. The van der Waals surface area contributed by atoms with Crippen LogP contribution in [0.4, 0.5) is 4.79 Å². The molecule has 0 saturated heterocycles. The number of carbonyl (C=O) groups excluding carboxylic acids is 2. The van der Waals surface area contributed by atoms with Crippen molar-refractivity contribution in [2.75, 3.05) is 0 Å². The van der Waals surface area contributed by atoms with E-state index in [0.29, 0.717) is 5.65 Å². The fourth-order valence-corrected chi connectivity index (χ4v) is 4.20. The second-order valence-corrected chi connectivity index (χ2v) is 8.11. The average molecular weight is 426 g/mol. The van der Waals surface area contributed by atoms with Gasteiger partial charge in [-0.2, -0.15) is 0 Å².